The molecule has 0 unspecified atom stereocenters. The average Bonchev–Trinajstić information content (AvgIpc) is 3.24. The van der Waals surface area contributed by atoms with Crippen LogP contribution in [0.2, 0.25) is 0 Å². The molecule has 0 fully saturated rings. The highest BCUT2D eigenvalue weighted by Crippen LogP contribution is 2.39. The maximum atomic E-state index is 8.94. The fourth-order valence-corrected chi connectivity index (χ4v) is 2.77. The standard InChI is InChI=1S/C19H16O5/c1-21-18-8-12(3-2-6-20)7-14-10-16(24-19(14)18)13-4-5-15-17(9-13)23-11-22-15/h2-5,7-10,20H,6,11H2,1H3. The van der Waals surface area contributed by atoms with E-state index in [1.165, 1.54) is 0 Å². The minimum atomic E-state index is -0.00577. The van der Waals surface area contributed by atoms with Crippen molar-refractivity contribution in [2.45, 2.75) is 0 Å². The van der Waals surface area contributed by atoms with Crippen molar-refractivity contribution >= 4 is 17.0 Å². The van der Waals surface area contributed by atoms with Crippen molar-refractivity contribution in [3.63, 3.8) is 0 Å². The van der Waals surface area contributed by atoms with Crippen molar-refractivity contribution in [1.29, 1.82) is 0 Å². The van der Waals surface area contributed by atoms with Crippen LogP contribution in [0.15, 0.2) is 46.9 Å². The molecule has 0 aliphatic carbocycles. The summed E-state index contributed by atoms with van der Waals surface area (Å²) in [7, 11) is 1.61. The lowest BCUT2D eigenvalue weighted by Crippen LogP contribution is -1.92. The topological polar surface area (TPSA) is 61.1 Å². The van der Waals surface area contributed by atoms with Gasteiger partial charge in [-0.05, 0) is 42.0 Å². The molecule has 0 atom stereocenters. The van der Waals surface area contributed by atoms with Gasteiger partial charge in [-0.2, -0.15) is 0 Å². The van der Waals surface area contributed by atoms with Gasteiger partial charge >= 0.3 is 0 Å². The predicted octanol–water partition coefficient (Wildman–Crippen LogP) is 3.84. The molecule has 0 radical (unpaired) electrons. The summed E-state index contributed by atoms with van der Waals surface area (Å²) in [6.07, 6.45) is 3.52. The van der Waals surface area contributed by atoms with Gasteiger partial charge in [-0.3, -0.25) is 0 Å². The molecule has 1 aliphatic heterocycles. The third-order valence-electron chi connectivity index (χ3n) is 3.90. The second-order valence-corrected chi connectivity index (χ2v) is 5.41. The largest absolute Gasteiger partial charge is 0.493 e. The summed E-state index contributed by atoms with van der Waals surface area (Å²) in [5.74, 6) is 2.83. The van der Waals surface area contributed by atoms with E-state index in [1.807, 2.05) is 42.5 Å². The highest BCUT2D eigenvalue weighted by molar-refractivity contribution is 5.89. The summed E-state index contributed by atoms with van der Waals surface area (Å²) < 4.78 is 22.2. The lowest BCUT2D eigenvalue weighted by Gasteiger charge is -2.02. The molecule has 3 aromatic rings. The number of hydrogen-bond acceptors (Lipinski definition) is 5. The second-order valence-electron chi connectivity index (χ2n) is 5.41. The van der Waals surface area contributed by atoms with Crippen molar-refractivity contribution in [3.05, 3.63) is 48.0 Å². The number of aliphatic hydroxyl groups excluding tert-OH is 1. The van der Waals surface area contributed by atoms with Crippen LogP contribution in [0.25, 0.3) is 28.4 Å². The number of benzene rings is 2. The monoisotopic (exact) mass is 324 g/mol. The zero-order valence-electron chi connectivity index (χ0n) is 13.1. The van der Waals surface area contributed by atoms with Gasteiger partial charge in [0.1, 0.15) is 5.76 Å². The van der Waals surface area contributed by atoms with Crippen molar-refractivity contribution < 1.29 is 23.7 Å². The van der Waals surface area contributed by atoms with E-state index in [9.17, 15) is 0 Å². The predicted molar refractivity (Wildman–Crippen MR) is 90.4 cm³/mol. The number of fused-ring (bicyclic) bond motifs is 2. The summed E-state index contributed by atoms with van der Waals surface area (Å²) in [4.78, 5) is 0. The Hall–Kier alpha value is -2.92. The van der Waals surface area contributed by atoms with Crippen molar-refractivity contribution in [3.8, 4) is 28.6 Å². The molecule has 0 saturated heterocycles. The van der Waals surface area contributed by atoms with Gasteiger partial charge in [0.15, 0.2) is 22.8 Å². The molecule has 2 aromatic carbocycles. The van der Waals surface area contributed by atoms with Gasteiger partial charge in [0.05, 0.1) is 13.7 Å². The molecule has 122 valence electrons. The molecule has 0 spiro atoms. The Labute approximate surface area is 138 Å². The van der Waals surface area contributed by atoms with Gasteiger partial charge < -0.3 is 23.7 Å². The maximum Gasteiger partial charge on any atom is 0.231 e. The van der Waals surface area contributed by atoms with Crippen LogP contribution in [0.5, 0.6) is 17.2 Å². The Kier molecular flexibility index (Phi) is 3.63. The Morgan fingerprint density at radius 3 is 2.83 bits per heavy atom. The molecule has 0 amide bonds. The van der Waals surface area contributed by atoms with Crippen LogP contribution in [0.3, 0.4) is 0 Å². The van der Waals surface area contributed by atoms with E-state index in [4.69, 9.17) is 23.7 Å². The van der Waals surface area contributed by atoms with Gasteiger partial charge in [-0.1, -0.05) is 12.2 Å². The third kappa shape index (κ3) is 2.49. The number of hydrogen-bond donors (Lipinski definition) is 1. The summed E-state index contributed by atoms with van der Waals surface area (Å²) in [6, 6.07) is 11.5. The lowest BCUT2D eigenvalue weighted by atomic mass is 10.1. The Morgan fingerprint density at radius 1 is 1.12 bits per heavy atom. The molecule has 1 aliphatic rings. The van der Waals surface area contributed by atoms with Gasteiger partial charge in [-0.15, -0.1) is 0 Å². The lowest BCUT2D eigenvalue weighted by molar-refractivity contribution is 0.174. The molecular formula is C19H16O5. The zero-order valence-corrected chi connectivity index (χ0v) is 13.1. The first-order valence-electron chi connectivity index (χ1n) is 7.57. The minimum absolute atomic E-state index is 0.00577. The molecule has 4 rings (SSSR count). The van der Waals surface area contributed by atoms with Crippen molar-refractivity contribution in [2.75, 3.05) is 20.5 Å². The molecule has 1 N–H and O–H groups in total. The van der Waals surface area contributed by atoms with Gasteiger partial charge in [0.25, 0.3) is 0 Å². The van der Waals surface area contributed by atoms with E-state index >= 15 is 0 Å². The van der Waals surface area contributed by atoms with Crippen molar-refractivity contribution in [1.82, 2.24) is 0 Å². The van der Waals surface area contributed by atoms with Crippen LogP contribution >= 0.6 is 0 Å². The van der Waals surface area contributed by atoms with Gasteiger partial charge in [0.2, 0.25) is 6.79 Å². The number of rotatable bonds is 4. The maximum absolute atomic E-state index is 8.94. The van der Waals surface area contributed by atoms with Crippen molar-refractivity contribution in [2.24, 2.45) is 0 Å². The number of aliphatic hydroxyl groups is 1. The molecular weight excluding hydrogens is 308 g/mol. The minimum Gasteiger partial charge on any atom is -0.493 e. The quantitative estimate of drug-likeness (QED) is 0.790. The molecule has 0 bridgehead atoms. The second kappa shape index (κ2) is 5.94. The van der Waals surface area contributed by atoms with E-state index in [-0.39, 0.29) is 13.4 Å². The van der Waals surface area contributed by atoms with Crippen LogP contribution in [0.4, 0.5) is 0 Å². The van der Waals surface area contributed by atoms with Crippen LogP contribution in [-0.2, 0) is 0 Å². The van der Waals surface area contributed by atoms with E-state index in [0.29, 0.717) is 17.1 Å². The Bertz CT molecular complexity index is 923. The van der Waals surface area contributed by atoms with E-state index in [2.05, 4.69) is 0 Å². The first-order valence-corrected chi connectivity index (χ1v) is 7.57. The number of ether oxygens (including phenoxy) is 3. The number of furan rings is 1. The van der Waals surface area contributed by atoms with Crippen LogP contribution in [0.1, 0.15) is 5.56 Å². The summed E-state index contributed by atoms with van der Waals surface area (Å²) >= 11 is 0. The SMILES string of the molecule is COc1cc(C=CCO)cc2cc(-c3ccc4c(c3)OCO4)oc12. The fraction of sp³-hybridized carbons (Fsp3) is 0.158. The normalized spacial score (nSPS) is 13.1. The molecule has 5 nitrogen and oxygen atoms in total. The molecule has 1 aromatic heterocycles. The first kappa shape index (κ1) is 14.7. The third-order valence-corrected chi connectivity index (χ3v) is 3.90. The van der Waals surface area contributed by atoms with Crippen LogP contribution in [0, 0.1) is 0 Å². The fourth-order valence-electron chi connectivity index (χ4n) is 2.77. The van der Waals surface area contributed by atoms with Gasteiger partial charge in [-0.25, -0.2) is 0 Å². The van der Waals surface area contributed by atoms with E-state index < -0.39 is 0 Å². The van der Waals surface area contributed by atoms with Crippen LogP contribution < -0.4 is 14.2 Å². The smallest absolute Gasteiger partial charge is 0.231 e. The number of methoxy groups -OCH3 is 1. The Morgan fingerprint density at radius 2 is 2.00 bits per heavy atom. The highest BCUT2D eigenvalue weighted by atomic mass is 16.7. The molecule has 2 heterocycles. The van der Waals surface area contributed by atoms with Crippen LogP contribution in [-0.4, -0.2) is 25.6 Å². The zero-order chi connectivity index (χ0) is 16.5. The highest BCUT2D eigenvalue weighted by Gasteiger charge is 2.17. The molecule has 0 saturated carbocycles. The molecule has 24 heavy (non-hydrogen) atoms. The average molecular weight is 324 g/mol. The Balaban J connectivity index is 1.81. The van der Waals surface area contributed by atoms with Gasteiger partial charge in [0, 0.05) is 10.9 Å². The first-order chi connectivity index (χ1) is 11.8. The van der Waals surface area contributed by atoms with E-state index in [1.54, 1.807) is 13.2 Å². The van der Waals surface area contributed by atoms with E-state index in [0.717, 1.165) is 28.0 Å². The molecule has 5 heteroatoms. The summed E-state index contributed by atoms with van der Waals surface area (Å²) in [5.41, 5.74) is 2.53. The summed E-state index contributed by atoms with van der Waals surface area (Å²) in [5, 5.41) is 9.87. The summed E-state index contributed by atoms with van der Waals surface area (Å²) in [6.45, 7) is 0.238.